The van der Waals surface area contributed by atoms with Crippen molar-refractivity contribution in [3.63, 3.8) is 0 Å². The molecule has 6 nitrogen and oxygen atoms in total. The largest absolute Gasteiger partial charge is 0.463 e. The van der Waals surface area contributed by atoms with Gasteiger partial charge in [0.25, 0.3) is 0 Å². The molecule has 4 aliphatic rings. The minimum absolute atomic E-state index is 0.0193. The van der Waals surface area contributed by atoms with Gasteiger partial charge in [0.05, 0.1) is 6.10 Å². The molecule has 1 heterocycles. The van der Waals surface area contributed by atoms with E-state index in [1.807, 2.05) is 0 Å². The van der Waals surface area contributed by atoms with Gasteiger partial charge < -0.3 is 18.9 Å². The Balaban J connectivity index is 1.73. The second kappa shape index (κ2) is 7.55. The minimum Gasteiger partial charge on any atom is -0.463 e. The molecule has 0 unspecified atom stereocenters. The molecule has 0 saturated heterocycles. The SMILES string of the molecule is CC(=O)OC[C@H]1O[C@H](O[C@@H]2C3(C)CCC(CC3)C2(C)C)C=C[C@@H]1OC(C)=O. The average Bonchev–Trinajstić information content (AvgIpc) is 2.57. The van der Waals surface area contributed by atoms with E-state index in [9.17, 15) is 9.59 Å². The molecule has 0 N–H and O–H groups in total. The van der Waals surface area contributed by atoms with Gasteiger partial charge >= 0.3 is 11.9 Å². The van der Waals surface area contributed by atoms with E-state index in [1.54, 1.807) is 12.2 Å². The molecule has 2 bridgehead atoms. The third-order valence-corrected chi connectivity index (χ3v) is 6.65. The Morgan fingerprint density at radius 2 is 1.74 bits per heavy atom. The van der Waals surface area contributed by atoms with Crippen LogP contribution in [-0.2, 0) is 28.5 Å². The van der Waals surface area contributed by atoms with E-state index in [4.69, 9.17) is 18.9 Å². The van der Waals surface area contributed by atoms with Crippen molar-refractivity contribution in [3.05, 3.63) is 12.2 Å². The van der Waals surface area contributed by atoms with Crippen LogP contribution in [0.1, 0.15) is 60.3 Å². The van der Waals surface area contributed by atoms with Crippen molar-refractivity contribution in [2.45, 2.75) is 84.9 Å². The molecule has 1 aliphatic heterocycles. The lowest BCUT2D eigenvalue weighted by Crippen LogP contribution is -2.58. The third-order valence-electron chi connectivity index (χ3n) is 6.65. The first kappa shape index (κ1) is 20.3. The Labute approximate surface area is 161 Å². The maximum absolute atomic E-state index is 11.4. The van der Waals surface area contributed by atoms with Crippen molar-refractivity contribution < 1.29 is 28.5 Å². The van der Waals surface area contributed by atoms with Crippen LogP contribution in [0.15, 0.2) is 12.2 Å². The van der Waals surface area contributed by atoms with Gasteiger partial charge in [-0.15, -0.1) is 0 Å². The summed E-state index contributed by atoms with van der Waals surface area (Å²) in [5.74, 6) is -0.133. The van der Waals surface area contributed by atoms with Gasteiger partial charge in [-0.2, -0.15) is 0 Å². The molecule has 0 spiro atoms. The zero-order valence-corrected chi connectivity index (χ0v) is 17.0. The van der Waals surface area contributed by atoms with Gasteiger partial charge in [0.1, 0.15) is 18.8 Å². The summed E-state index contributed by atoms with van der Waals surface area (Å²) in [7, 11) is 0. The average molecular weight is 380 g/mol. The van der Waals surface area contributed by atoms with E-state index in [2.05, 4.69) is 20.8 Å². The Bertz CT molecular complexity index is 597. The highest BCUT2D eigenvalue weighted by molar-refractivity contribution is 5.66. The lowest BCUT2D eigenvalue weighted by atomic mass is 9.49. The smallest absolute Gasteiger partial charge is 0.303 e. The van der Waals surface area contributed by atoms with Crippen LogP contribution in [0.4, 0.5) is 0 Å². The number of hydrogen-bond donors (Lipinski definition) is 0. The van der Waals surface area contributed by atoms with Crippen LogP contribution >= 0.6 is 0 Å². The van der Waals surface area contributed by atoms with E-state index in [0.717, 1.165) is 0 Å². The molecule has 3 saturated carbocycles. The Hall–Kier alpha value is -1.40. The maximum Gasteiger partial charge on any atom is 0.303 e. The predicted molar refractivity (Wildman–Crippen MR) is 98.7 cm³/mol. The molecule has 3 fully saturated rings. The number of carbonyl (C=O) groups excluding carboxylic acids is 2. The van der Waals surface area contributed by atoms with Crippen LogP contribution in [0, 0.1) is 16.7 Å². The van der Waals surface area contributed by atoms with Gasteiger partial charge in [0.15, 0.2) is 6.29 Å². The molecule has 0 radical (unpaired) electrons. The van der Waals surface area contributed by atoms with Crippen LogP contribution in [0.2, 0.25) is 0 Å². The lowest BCUT2D eigenvalue weighted by molar-refractivity contribution is -0.268. The van der Waals surface area contributed by atoms with Crippen LogP contribution in [0.25, 0.3) is 0 Å². The van der Waals surface area contributed by atoms with Gasteiger partial charge in [0, 0.05) is 13.8 Å². The topological polar surface area (TPSA) is 71.1 Å². The first-order valence-electron chi connectivity index (χ1n) is 9.91. The molecular weight excluding hydrogens is 348 g/mol. The zero-order valence-electron chi connectivity index (χ0n) is 17.0. The van der Waals surface area contributed by atoms with E-state index in [1.165, 1.54) is 39.5 Å². The maximum atomic E-state index is 11.4. The fraction of sp³-hybridized carbons (Fsp3) is 0.810. The minimum atomic E-state index is -0.590. The fourth-order valence-electron chi connectivity index (χ4n) is 5.21. The predicted octanol–water partition coefficient (Wildman–Crippen LogP) is 3.38. The number of hydrogen-bond acceptors (Lipinski definition) is 6. The van der Waals surface area contributed by atoms with Gasteiger partial charge in [0.2, 0.25) is 0 Å². The molecule has 27 heavy (non-hydrogen) atoms. The van der Waals surface area contributed by atoms with Crippen LogP contribution in [-0.4, -0.2) is 43.1 Å². The summed E-state index contributed by atoms with van der Waals surface area (Å²) in [6.07, 6.45) is 6.83. The molecule has 0 aromatic heterocycles. The van der Waals surface area contributed by atoms with Crippen LogP contribution < -0.4 is 0 Å². The normalized spacial score (nSPS) is 39.8. The highest BCUT2D eigenvalue weighted by atomic mass is 16.7. The van der Waals surface area contributed by atoms with Crippen LogP contribution in [0.5, 0.6) is 0 Å². The Kier molecular flexibility index (Phi) is 5.69. The molecule has 3 aliphatic carbocycles. The lowest BCUT2D eigenvalue weighted by Gasteiger charge is -2.59. The van der Waals surface area contributed by atoms with Crippen LogP contribution in [0.3, 0.4) is 0 Å². The van der Waals surface area contributed by atoms with Gasteiger partial charge in [-0.1, -0.05) is 20.8 Å². The van der Waals surface area contributed by atoms with E-state index < -0.39 is 30.4 Å². The van der Waals surface area contributed by atoms with Crippen molar-refractivity contribution >= 4 is 11.9 Å². The van der Waals surface area contributed by atoms with Crippen molar-refractivity contribution in [2.24, 2.45) is 16.7 Å². The van der Waals surface area contributed by atoms with Gasteiger partial charge in [-0.05, 0) is 54.6 Å². The summed E-state index contributed by atoms with van der Waals surface area (Å²) in [6, 6.07) is 0. The Morgan fingerprint density at radius 1 is 1.07 bits per heavy atom. The van der Waals surface area contributed by atoms with Gasteiger partial charge in [-0.3, -0.25) is 9.59 Å². The van der Waals surface area contributed by atoms with E-state index in [-0.39, 0.29) is 23.5 Å². The van der Waals surface area contributed by atoms with Crippen molar-refractivity contribution in [3.8, 4) is 0 Å². The summed E-state index contributed by atoms with van der Waals surface area (Å²) in [5.41, 5.74) is 0.230. The highest BCUT2D eigenvalue weighted by Crippen LogP contribution is 2.59. The second-order valence-electron chi connectivity index (χ2n) is 9.07. The molecule has 0 aromatic carbocycles. The molecule has 4 rings (SSSR count). The monoisotopic (exact) mass is 380 g/mol. The summed E-state index contributed by atoms with van der Waals surface area (Å²) in [4.78, 5) is 22.6. The first-order valence-corrected chi connectivity index (χ1v) is 9.91. The molecule has 4 atom stereocenters. The summed E-state index contributed by atoms with van der Waals surface area (Å²) < 4.78 is 22.9. The number of rotatable bonds is 5. The highest BCUT2D eigenvalue weighted by Gasteiger charge is 2.56. The van der Waals surface area contributed by atoms with Crippen molar-refractivity contribution in [2.75, 3.05) is 6.61 Å². The molecule has 0 aromatic rings. The van der Waals surface area contributed by atoms with Crippen molar-refractivity contribution in [1.29, 1.82) is 0 Å². The standard InChI is InChI=1S/C21H32O6/c1-13(22)24-12-17-16(25-14(2)23)6-7-18(26-17)27-19-20(3,4)15-8-10-21(19,5)11-9-15/h6-7,15-19H,8-12H2,1-5H3/t15?,16-,17+,18+,19-,21?/m0/s1. The Morgan fingerprint density at radius 3 is 2.30 bits per heavy atom. The first-order chi connectivity index (χ1) is 12.6. The molecule has 0 amide bonds. The van der Waals surface area contributed by atoms with Crippen molar-refractivity contribution in [1.82, 2.24) is 0 Å². The number of carbonyl (C=O) groups is 2. The van der Waals surface area contributed by atoms with E-state index in [0.29, 0.717) is 5.92 Å². The fourth-order valence-corrected chi connectivity index (χ4v) is 5.21. The summed E-state index contributed by atoms with van der Waals surface area (Å²) in [6.45, 7) is 9.62. The summed E-state index contributed by atoms with van der Waals surface area (Å²) >= 11 is 0. The molecule has 6 heteroatoms. The quantitative estimate of drug-likeness (QED) is 0.538. The van der Waals surface area contributed by atoms with Gasteiger partial charge in [-0.25, -0.2) is 0 Å². The molecule has 152 valence electrons. The molecular formula is C21H32O6. The number of ether oxygens (including phenoxy) is 4. The number of fused-ring (bicyclic) bond motifs is 3. The second-order valence-corrected chi connectivity index (χ2v) is 9.07. The number of esters is 2. The third kappa shape index (κ3) is 4.21. The zero-order chi connectivity index (χ0) is 19.8. The summed E-state index contributed by atoms with van der Waals surface area (Å²) in [5, 5.41) is 0. The van der Waals surface area contributed by atoms with E-state index >= 15 is 0 Å².